The molecule has 0 saturated heterocycles. The van der Waals surface area contributed by atoms with Gasteiger partial charge in [0.25, 0.3) is 0 Å². The number of halogens is 1. The molecule has 8 heteroatoms. The van der Waals surface area contributed by atoms with Crippen LogP contribution in [0.5, 0.6) is 5.75 Å². The molecule has 0 saturated carbocycles. The molecule has 6 nitrogen and oxygen atoms in total. The van der Waals surface area contributed by atoms with E-state index in [1.165, 1.54) is 19.2 Å². The fourth-order valence-electron chi connectivity index (χ4n) is 1.85. The van der Waals surface area contributed by atoms with E-state index in [1.807, 2.05) is 13.8 Å². The van der Waals surface area contributed by atoms with Crippen molar-refractivity contribution in [3.05, 3.63) is 16.6 Å². The maximum Gasteiger partial charge on any atom is 0.244 e. The van der Waals surface area contributed by atoms with Gasteiger partial charge in [-0.05, 0) is 40.4 Å². The summed E-state index contributed by atoms with van der Waals surface area (Å²) in [5.41, 5.74) is 6.06. The normalized spacial score (nSPS) is 13.4. The molecule has 0 aliphatic heterocycles. The molecular formula is C13H21BrN2O4S. The third-order valence-corrected chi connectivity index (χ3v) is 5.32. The van der Waals surface area contributed by atoms with E-state index in [0.29, 0.717) is 16.6 Å². The minimum Gasteiger partial charge on any atom is -0.495 e. The highest BCUT2D eigenvalue weighted by molar-refractivity contribution is 9.10. The number of aliphatic hydroxyl groups excluding tert-OH is 1. The highest BCUT2D eigenvalue weighted by atomic mass is 79.9. The molecule has 0 spiro atoms. The predicted molar refractivity (Wildman–Crippen MR) is 85.8 cm³/mol. The van der Waals surface area contributed by atoms with Gasteiger partial charge in [0.1, 0.15) is 10.6 Å². The Morgan fingerprint density at radius 3 is 2.52 bits per heavy atom. The Balaban J connectivity index is 3.21. The molecule has 1 atom stereocenters. The van der Waals surface area contributed by atoms with Crippen molar-refractivity contribution in [1.82, 2.24) is 4.72 Å². The van der Waals surface area contributed by atoms with Crippen LogP contribution in [0.3, 0.4) is 0 Å². The third-order valence-electron chi connectivity index (χ3n) is 3.12. The molecule has 0 aliphatic carbocycles. The monoisotopic (exact) mass is 380 g/mol. The minimum absolute atomic E-state index is 0.0192. The summed E-state index contributed by atoms with van der Waals surface area (Å²) in [6.45, 7) is 3.68. The van der Waals surface area contributed by atoms with Crippen LogP contribution in [0.25, 0.3) is 0 Å². The van der Waals surface area contributed by atoms with E-state index in [1.54, 1.807) is 0 Å². The summed E-state index contributed by atoms with van der Waals surface area (Å²) in [6.07, 6.45) is 0.339. The second kappa shape index (κ2) is 7.44. The average Bonchev–Trinajstić information content (AvgIpc) is 2.40. The van der Waals surface area contributed by atoms with E-state index in [9.17, 15) is 8.42 Å². The number of sulfonamides is 1. The number of methoxy groups -OCH3 is 1. The van der Waals surface area contributed by atoms with Crippen molar-refractivity contribution < 1.29 is 18.3 Å². The molecule has 1 rings (SSSR count). The largest absolute Gasteiger partial charge is 0.495 e. The average molecular weight is 381 g/mol. The number of rotatable bonds is 7. The van der Waals surface area contributed by atoms with Crippen molar-refractivity contribution >= 4 is 31.6 Å². The van der Waals surface area contributed by atoms with Crippen LogP contribution in [0, 0.1) is 5.92 Å². The SMILES string of the molecule is COc1cc(Br)c(N)cc1S(=O)(=O)NC(CCO)C(C)C. The number of nitrogen functional groups attached to an aromatic ring is 1. The smallest absolute Gasteiger partial charge is 0.244 e. The minimum atomic E-state index is -3.80. The van der Waals surface area contributed by atoms with Gasteiger partial charge in [-0.15, -0.1) is 0 Å². The zero-order chi connectivity index (χ0) is 16.2. The summed E-state index contributed by atoms with van der Waals surface area (Å²) in [7, 11) is -2.40. The van der Waals surface area contributed by atoms with Gasteiger partial charge in [0.15, 0.2) is 0 Å². The van der Waals surface area contributed by atoms with Gasteiger partial charge in [-0.3, -0.25) is 0 Å². The second-order valence-corrected chi connectivity index (χ2v) is 7.55. The topological polar surface area (TPSA) is 102 Å². The molecule has 21 heavy (non-hydrogen) atoms. The first-order valence-corrected chi connectivity index (χ1v) is 8.76. The number of hydrogen-bond acceptors (Lipinski definition) is 5. The molecule has 0 heterocycles. The van der Waals surface area contributed by atoms with Crippen LogP contribution >= 0.6 is 15.9 Å². The first-order chi connectivity index (χ1) is 9.72. The van der Waals surface area contributed by atoms with Crippen molar-refractivity contribution in [2.24, 2.45) is 5.92 Å². The summed E-state index contributed by atoms with van der Waals surface area (Å²) in [5, 5.41) is 9.05. The summed E-state index contributed by atoms with van der Waals surface area (Å²) in [5.74, 6) is 0.251. The highest BCUT2D eigenvalue weighted by Gasteiger charge is 2.26. The first kappa shape index (κ1) is 18.2. The number of ether oxygens (including phenoxy) is 1. The number of nitrogens with two attached hydrogens (primary N) is 1. The lowest BCUT2D eigenvalue weighted by Crippen LogP contribution is -2.39. The number of aliphatic hydroxyl groups is 1. The van der Waals surface area contributed by atoms with Crippen molar-refractivity contribution in [2.45, 2.75) is 31.2 Å². The summed E-state index contributed by atoms with van der Waals surface area (Å²) >= 11 is 3.23. The number of anilines is 1. The van der Waals surface area contributed by atoms with Crippen molar-refractivity contribution in [2.75, 3.05) is 19.5 Å². The maximum atomic E-state index is 12.5. The van der Waals surface area contributed by atoms with Crippen LogP contribution in [0.1, 0.15) is 20.3 Å². The second-order valence-electron chi connectivity index (χ2n) is 5.01. The van der Waals surface area contributed by atoms with Gasteiger partial charge in [-0.25, -0.2) is 13.1 Å². The number of benzene rings is 1. The first-order valence-electron chi connectivity index (χ1n) is 6.49. The molecule has 0 bridgehead atoms. The zero-order valence-corrected chi connectivity index (χ0v) is 14.7. The molecule has 120 valence electrons. The quantitative estimate of drug-likeness (QED) is 0.625. The van der Waals surface area contributed by atoms with E-state index in [0.717, 1.165) is 0 Å². The van der Waals surface area contributed by atoms with Gasteiger partial charge in [0.05, 0.1) is 7.11 Å². The molecule has 1 unspecified atom stereocenters. The maximum absolute atomic E-state index is 12.5. The van der Waals surface area contributed by atoms with E-state index in [2.05, 4.69) is 20.7 Å². The van der Waals surface area contributed by atoms with Crippen LogP contribution in [0.2, 0.25) is 0 Å². The number of nitrogens with one attached hydrogen (secondary N) is 1. The molecule has 0 radical (unpaired) electrons. The van der Waals surface area contributed by atoms with Crippen molar-refractivity contribution in [3.8, 4) is 5.75 Å². The highest BCUT2D eigenvalue weighted by Crippen LogP contribution is 2.32. The Bertz CT molecular complexity index is 590. The van der Waals surface area contributed by atoms with Crippen LogP contribution < -0.4 is 15.2 Å². The van der Waals surface area contributed by atoms with Crippen molar-refractivity contribution in [3.63, 3.8) is 0 Å². The lowest BCUT2D eigenvalue weighted by Gasteiger charge is -2.22. The fourth-order valence-corrected chi connectivity index (χ4v) is 3.78. The van der Waals surface area contributed by atoms with E-state index in [4.69, 9.17) is 15.6 Å². The molecule has 4 N–H and O–H groups in total. The summed E-state index contributed by atoms with van der Waals surface area (Å²) in [6, 6.07) is 2.50. The molecule has 0 aromatic heterocycles. The Hall–Kier alpha value is -0.830. The Morgan fingerprint density at radius 1 is 1.43 bits per heavy atom. The fraction of sp³-hybridized carbons (Fsp3) is 0.538. The Labute approximate surface area is 133 Å². The lowest BCUT2D eigenvalue weighted by molar-refractivity contribution is 0.255. The lowest BCUT2D eigenvalue weighted by atomic mass is 10.0. The van der Waals surface area contributed by atoms with E-state index in [-0.39, 0.29) is 29.2 Å². The van der Waals surface area contributed by atoms with Gasteiger partial charge in [-0.2, -0.15) is 0 Å². The standard InChI is InChI=1S/C13H21BrN2O4S/c1-8(2)11(4-5-17)16-21(18,19)13-7-10(15)9(14)6-12(13)20-3/h6-8,11,16-17H,4-5,15H2,1-3H3. The van der Waals surface area contributed by atoms with Gasteiger partial charge >= 0.3 is 0 Å². The van der Waals surface area contributed by atoms with Gasteiger partial charge in [-0.1, -0.05) is 13.8 Å². The molecule has 0 fully saturated rings. The third kappa shape index (κ3) is 4.57. The molecule has 1 aromatic carbocycles. The van der Waals surface area contributed by atoms with Crippen LogP contribution in [0.15, 0.2) is 21.5 Å². The molecule has 0 aliphatic rings. The zero-order valence-electron chi connectivity index (χ0n) is 12.3. The van der Waals surface area contributed by atoms with Gasteiger partial charge < -0.3 is 15.6 Å². The molecule has 0 amide bonds. The van der Waals surface area contributed by atoms with Crippen molar-refractivity contribution in [1.29, 1.82) is 0 Å². The summed E-state index contributed by atoms with van der Waals surface area (Å²) in [4.78, 5) is -0.0192. The molecule has 1 aromatic rings. The van der Waals surface area contributed by atoms with Crippen LogP contribution in [-0.2, 0) is 10.0 Å². The number of hydrogen-bond donors (Lipinski definition) is 3. The van der Waals surface area contributed by atoms with E-state index < -0.39 is 10.0 Å². The van der Waals surface area contributed by atoms with Gasteiger partial charge in [0.2, 0.25) is 10.0 Å². The predicted octanol–water partition coefficient (Wildman–Crippen LogP) is 1.73. The molecular weight excluding hydrogens is 360 g/mol. The van der Waals surface area contributed by atoms with E-state index >= 15 is 0 Å². The van der Waals surface area contributed by atoms with Gasteiger partial charge in [0, 0.05) is 22.8 Å². The van der Waals surface area contributed by atoms with Crippen LogP contribution in [-0.4, -0.2) is 33.3 Å². The summed E-state index contributed by atoms with van der Waals surface area (Å²) < 4.78 is 33.3. The van der Waals surface area contributed by atoms with Crippen LogP contribution in [0.4, 0.5) is 5.69 Å². The Kier molecular flexibility index (Phi) is 6.45. The Morgan fingerprint density at radius 2 is 2.05 bits per heavy atom.